The quantitative estimate of drug-likeness (QED) is 0.120. The summed E-state index contributed by atoms with van der Waals surface area (Å²) in [6.07, 6.45) is 3.45. The van der Waals surface area contributed by atoms with Crippen LogP contribution in [-0.4, -0.2) is 28.5 Å². The Hall–Kier alpha value is -5.08. The lowest BCUT2D eigenvalue weighted by Crippen LogP contribution is -2.30. The van der Waals surface area contributed by atoms with Gasteiger partial charge in [-0.2, -0.15) is 0 Å². The zero-order chi connectivity index (χ0) is 28.6. The summed E-state index contributed by atoms with van der Waals surface area (Å²) in [6.45, 7) is 1.94. The first-order valence-electron chi connectivity index (χ1n) is 13.0. The molecule has 0 radical (unpaired) electrons. The van der Waals surface area contributed by atoms with Crippen LogP contribution in [0.3, 0.4) is 0 Å². The molecule has 0 atom stereocenters. The fraction of sp³-hybridized carbons (Fsp3) is 0.0606. The van der Waals surface area contributed by atoms with E-state index in [2.05, 4.69) is 20.9 Å². The molecule has 1 aromatic heterocycles. The van der Waals surface area contributed by atoms with Crippen LogP contribution in [0.15, 0.2) is 120 Å². The molecule has 4 aromatic carbocycles. The molecule has 0 aliphatic heterocycles. The highest BCUT2D eigenvalue weighted by Gasteiger charge is 2.16. The summed E-state index contributed by atoms with van der Waals surface area (Å²) in [6, 6.07) is 31.3. The second kappa shape index (κ2) is 12.8. The number of aryl methyl sites for hydroxylation is 1. The maximum absolute atomic E-state index is 13.5. The first-order valence-corrected chi connectivity index (χ1v) is 14.0. The fourth-order valence-electron chi connectivity index (χ4n) is 4.22. The molecule has 0 spiro atoms. The van der Waals surface area contributed by atoms with Crippen molar-refractivity contribution in [1.29, 1.82) is 0 Å². The van der Waals surface area contributed by atoms with Gasteiger partial charge in [0.15, 0.2) is 0 Å². The van der Waals surface area contributed by atoms with Gasteiger partial charge in [0.25, 0.3) is 11.8 Å². The van der Waals surface area contributed by atoms with Crippen LogP contribution in [0.5, 0.6) is 0 Å². The van der Waals surface area contributed by atoms with E-state index in [4.69, 9.17) is 0 Å². The van der Waals surface area contributed by atoms with Crippen LogP contribution in [0, 0.1) is 6.92 Å². The van der Waals surface area contributed by atoms with Crippen molar-refractivity contribution in [3.05, 3.63) is 132 Å². The predicted octanol–water partition coefficient (Wildman–Crippen LogP) is 6.62. The maximum atomic E-state index is 13.5. The molecule has 0 fully saturated rings. The van der Waals surface area contributed by atoms with Crippen molar-refractivity contribution in [2.24, 2.45) is 0 Å². The number of fused-ring (bicyclic) bond motifs is 1. The summed E-state index contributed by atoms with van der Waals surface area (Å²) in [5.41, 5.74) is 4.54. The van der Waals surface area contributed by atoms with E-state index >= 15 is 0 Å². The molecule has 3 amide bonds. The summed E-state index contributed by atoms with van der Waals surface area (Å²) in [5.74, 6) is -0.772. The number of thioether (sulfide) groups is 1. The number of H-pyrrole nitrogens is 1. The Kier molecular flexibility index (Phi) is 8.61. The van der Waals surface area contributed by atoms with E-state index in [9.17, 15) is 14.4 Å². The van der Waals surface area contributed by atoms with Crippen LogP contribution in [-0.2, 0) is 9.59 Å². The molecule has 8 heteroatoms. The number of aromatic nitrogens is 1. The van der Waals surface area contributed by atoms with Gasteiger partial charge in [0, 0.05) is 44.5 Å². The highest BCUT2D eigenvalue weighted by Crippen LogP contribution is 2.24. The second-order valence-electron chi connectivity index (χ2n) is 9.30. The summed E-state index contributed by atoms with van der Waals surface area (Å²) in [5, 5.41) is 9.52. The second-order valence-corrected chi connectivity index (χ2v) is 10.4. The van der Waals surface area contributed by atoms with Crippen LogP contribution in [0.2, 0.25) is 0 Å². The van der Waals surface area contributed by atoms with Crippen molar-refractivity contribution in [2.75, 3.05) is 16.4 Å². The van der Waals surface area contributed by atoms with Crippen LogP contribution < -0.4 is 16.0 Å². The zero-order valence-corrected chi connectivity index (χ0v) is 23.1. The van der Waals surface area contributed by atoms with Gasteiger partial charge >= 0.3 is 0 Å². The summed E-state index contributed by atoms with van der Waals surface area (Å²) >= 11 is 1.36. The largest absolute Gasteiger partial charge is 0.361 e. The number of carbonyl (C=O) groups is 3. The lowest BCUT2D eigenvalue weighted by molar-refractivity contribution is -0.114. The van der Waals surface area contributed by atoms with Crippen molar-refractivity contribution < 1.29 is 14.4 Å². The molecule has 4 N–H and O–H groups in total. The molecule has 0 aliphatic carbocycles. The van der Waals surface area contributed by atoms with Gasteiger partial charge in [0.05, 0.1) is 5.75 Å². The van der Waals surface area contributed by atoms with E-state index in [0.29, 0.717) is 11.3 Å². The molecule has 41 heavy (non-hydrogen) atoms. The molecule has 5 aromatic rings. The van der Waals surface area contributed by atoms with Crippen LogP contribution in [0.4, 0.5) is 11.4 Å². The van der Waals surface area contributed by atoms with Gasteiger partial charge in [-0.1, -0.05) is 60.7 Å². The normalized spacial score (nSPS) is 11.2. The molecule has 204 valence electrons. The SMILES string of the molecule is Cc1ccccc1NC(=O)CSc1cccc(NC(=O)/C(=C/c2c[nH]c3ccccc23)NC(=O)c2ccccc2)c1. The van der Waals surface area contributed by atoms with Gasteiger partial charge < -0.3 is 20.9 Å². The Labute approximate surface area is 242 Å². The van der Waals surface area contributed by atoms with Gasteiger partial charge in [-0.15, -0.1) is 11.8 Å². The first kappa shape index (κ1) is 27.5. The number of aromatic amines is 1. The van der Waals surface area contributed by atoms with Gasteiger partial charge in [0.1, 0.15) is 5.70 Å². The fourth-order valence-corrected chi connectivity index (χ4v) is 4.98. The Bertz CT molecular complexity index is 1740. The number of nitrogens with one attached hydrogen (secondary N) is 4. The smallest absolute Gasteiger partial charge is 0.272 e. The lowest BCUT2D eigenvalue weighted by atomic mass is 10.1. The third-order valence-corrected chi connectivity index (χ3v) is 7.32. The standard InChI is InChI=1S/C33H28N4O3S/c1-22-10-5-7-16-28(22)36-31(38)21-41-26-14-9-13-25(19-26)35-33(40)30(37-32(39)23-11-3-2-4-12-23)18-24-20-34-29-17-8-6-15-27(24)29/h2-20,34H,21H2,1H3,(H,35,40)(H,36,38)(H,37,39)/b30-18-. The summed E-state index contributed by atoms with van der Waals surface area (Å²) in [7, 11) is 0. The highest BCUT2D eigenvalue weighted by molar-refractivity contribution is 8.00. The third-order valence-electron chi connectivity index (χ3n) is 6.33. The minimum atomic E-state index is -0.473. The number of benzene rings is 4. The Morgan fingerprint density at radius 1 is 0.829 bits per heavy atom. The number of hydrogen-bond donors (Lipinski definition) is 4. The van der Waals surface area contributed by atoms with Crippen LogP contribution in [0.1, 0.15) is 21.5 Å². The molecule has 0 saturated heterocycles. The zero-order valence-electron chi connectivity index (χ0n) is 22.3. The third kappa shape index (κ3) is 7.12. The van der Waals surface area contributed by atoms with Crippen molar-refractivity contribution in [3.8, 4) is 0 Å². The summed E-state index contributed by atoms with van der Waals surface area (Å²) < 4.78 is 0. The van der Waals surface area contributed by atoms with Gasteiger partial charge in [0.2, 0.25) is 5.91 Å². The van der Waals surface area contributed by atoms with E-state index in [0.717, 1.165) is 32.6 Å². The molecular formula is C33H28N4O3S. The Morgan fingerprint density at radius 3 is 2.41 bits per heavy atom. The van der Waals surface area contributed by atoms with E-state index in [1.807, 2.05) is 73.7 Å². The molecule has 1 heterocycles. The number of hydrogen-bond acceptors (Lipinski definition) is 4. The van der Waals surface area contributed by atoms with E-state index < -0.39 is 11.8 Å². The van der Waals surface area contributed by atoms with Crippen LogP contribution in [0.25, 0.3) is 17.0 Å². The predicted molar refractivity (Wildman–Crippen MR) is 166 cm³/mol. The molecular weight excluding hydrogens is 532 g/mol. The molecule has 7 nitrogen and oxygen atoms in total. The Morgan fingerprint density at radius 2 is 1.59 bits per heavy atom. The van der Waals surface area contributed by atoms with Crippen molar-refractivity contribution in [2.45, 2.75) is 11.8 Å². The van der Waals surface area contributed by atoms with Crippen molar-refractivity contribution >= 4 is 57.8 Å². The molecule has 0 aliphatic rings. The average molecular weight is 561 g/mol. The molecule has 0 saturated carbocycles. The van der Waals surface area contributed by atoms with Gasteiger partial charge in [-0.05, 0) is 61.0 Å². The van der Waals surface area contributed by atoms with Crippen molar-refractivity contribution in [1.82, 2.24) is 10.3 Å². The average Bonchev–Trinajstić information content (AvgIpc) is 3.40. The lowest BCUT2D eigenvalue weighted by Gasteiger charge is -2.12. The van der Waals surface area contributed by atoms with Crippen molar-refractivity contribution in [3.63, 3.8) is 0 Å². The maximum Gasteiger partial charge on any atom is 0.272 e. The van der Waals surface area contributed by atoms with E-state index in [-0.39, 0.29) is 17.4 Å². The summed E-state index contributed by atoms with van der Waals surface area (Å²) in [4.78, 5) is 43.0. The Balaban J connectivity index is 1.31. The van der Waals surface area contributed by atoms with Crippen LogP contribution >= 0.6 is 11.8 Å². The van der Waals surface area contributed by atoms with E-state index in [1.54, 1.807) is 48.7 Å². The number of para-hydroxylation sites is 2. The number of carbonyl (C=O) groups excluding carboxylic acids is 3. The minimum absolute atomic E-state index is 0.0965. The topological polar surface area (TPSA) is 103 Å². The number of rotatable bonds is 9. The first-order chi connectivity index (χ1) is 20.0. The molecule has 0 unspecified atom stereocenters. The number of amides is 3. The highest BCUT2D eigenvalue weighted by atomic mass is 32.2. The number of anilines is 2. The molecule has 5 rings (SSSR count). The van der Waals surface area contributed by atoms with E-state index in [1.165, 1.54) is 11.8 Å². The monoisotopic (exact) mass is 560 g/mol. The molecule has 0 bridgehead atoms. The van der Waals surface area contributed by atoms with Gasteiger partial charge in [-0.3, -0.25) is 14.4 Å². The van der Waals surface area contributed by atoms with Gasteiger partial charge in [-0.25, -0.2) is 0 Å². The minimum Gasteiger partial charge on any atom is -0.361 e.